The maximum atomic E-state index is 14.3. The van der Waals surface area contributed by atoms with Gasteiger partial charge in [-0.3, -0.25) is 23.7 Å². The molecule has 1 fully saturated rings. The van der Waals surface area contributed by atoms with Crippen LogP contribution in [0.2, 0.25) is 0 Å². The van der Waals surface area contributed by atoms with E-state index < -0.39 is 73.5 Å². The molecule has 328 valence electrons. The van der Waals surface area contributed by atoms with E-state index in [0.717, 1.165) is 12.7 Å². The van der Waals surface area contributed by atoms with Crippen molar-refractivity contribution < 1.29 is 52.4 Å². The van der Waals surface area contributed by atoms with Gasteiger partial charge in [-0.05, 0) is 35.8 Å². The molecule has 2 aromatic carbocycles. The molecule has 9 atom stereocenters. The molecular weight excluding hydrogens is 779 g/mol. The Kier molecular flexibility index (Phi) is 19.5. The van der Waals surface area contributed by atoms with E-state index >= 15 is 0 Å². The zero-order valence-corrected chi connectivity index (χ0v) is 36.9. The molecule has 1 heterocycles. The molecule has 1 aliphatic rings. The van der Waals surface area contributed by atoms with Gasteiger partial charge in [0.25, 0.3) is 0 Å². The zero-order valence-electron chi connectivity index (χ0n) is 36.0. The van der Waals surface area contributed by atoms with E-state index in [1.54, 1.807) is 54.1 Å². The molecule has 4 amide bonds. The standard InChI is InChI=1S/C43H65N4O11P/c1-10-29(4)39(46(6)42(51)38(28(2)3)45-43(52)58-26-32-20-15-12-16-21-32)34(55-7)25-36(48)47-23-17-22-33(47)40(57-9)30(5)41(50)44-35(24-31-18-13-11-14-19-31)59(53,54)27-37(49)56-8/h11-16,18-21,28-30,33-35,38-40H,10,17,22-27H2,1-9H3,(H,44,50)(H,45,52)(H,53,54)/t29-,30+,33-,34+,35+,38-,39-,40+/m0/s1. The lowest BCUT2D eigenvalue weighted by Crippen LogP contribution is -2.57. The second-order valence-corrected chi connectivity index (χ2v) is 18.2. The highest BCUT2D eigenvalue weighted by atomic mass is 31.2. The molecule has 15 nitrogen and oxygen atoms in total. The third kappa shape index (κ3) is 13.9. The Morgan fingerprint density at radius 3 is 2.07 bits per heavy atom. The molecule has 0 bridgehead atoms. The lowest BCUT2D eigenvalue weighted by Gasteiger charge is -2.40. The number of ether oxygens (including phenoxy) is 4. The molecule has 1 unspecified atom stereocenters. The number of benzene rings is 2. The van der Waals surface area contributed by atoms with Crippen molar-refractivity contribution in [3.8, 4) is 0 Å². The summed E-state index contributed by atoms with van der Waals surface area (Å²) in [6, 6.07) is 16.1. The van der Waals surface area contributed by atoms with Gasteiger partial charge in [0.15, 0.2) is 0 Å². The molecule has 0 aromatic heterocycles. The largest absolute Gasteiger partial charge is 0.469 e. The summed E-state index contributed by atoms with van der Waals surface area (Å²) in [4.78, 5) is 81.5. The van der Waals surface area contributed by atoms with Crippen LogP contribution in [-0.2, 0) is 55.7 Å². The summed E-state index contributed by atoms with van der Waals surface area (Å²) in [6.07, 6.45) is -1.21. The highest BCUT2D eigenvalue weighted by Gasteiger charge is 2.44. The van der Waals surface area contributed by atoms with Crippen LogP contribution in [0.3, 0.4) is 0 Å². The van der Waals surface area contributed by atoms with Gasteiger partial charge >= 0.3 is 12.1 Å². The number of carbonyl (C=O) groups is 5. The van der Waals surface area contributed by atoms with Gasteiger partial charge in [0.05, 0.1) is 43.7 Å². The average molecular weight is 845 g/mol. The summed E-state index contributed by atoms with van der Waals surface area (Å²) in [5.74, 6) is -4.58. The molecule has 0 spiro atoms. The van der Waals surface area contributed by atoms with Gasteiger partial charge in [-0.2, -0.15) is 0 Å². The van der Waals surface area contributed by atoms with Crippen LogP contribution in [0.25, 0.3) is 0 Å². The Bertz CT molecular complexity index is 1720. The number of hydrogen-bond acceptors (Lipinski definition) is 10. The summed E-state index contributed by atoms with van der Waals surface area (Å²) in [7, 11) is 1.44. The van der Waals surface area contributed by atoms with Crippen LogP contribution >= 0.6 is 7.37 Å². The number of carbonyl (C=O) groups excluding carboxylic acids is 5. The maximum Gasteiger partial charge on any atom is 0.408 e. The van der Waals surface area contributed by atoms with Crippen molar-refractivity contribution in [2.75, 3.05) is 41.1 Å². The van der Waals surface area contributed by atoms with Crippen molar-refractivity contribution in [3.05, 3.63) is 71.8 Å². The van der Waals surface area contributed by atoms with Crippen LogP contribution in [-0.4, -0.2) is 122 Å². The first-order chi connectivity index (χ1) is 28.0. The number of nitrogens with one attached hydrogen (secondary N) is 2. The van der Waals surface area contributed by atoms with E-state index in [1.165, 1.54) is 14.2 Å². The zero-order chi connectivity index (χ0) is 43.9. The monoisotopic (exact) mass is 844 g/mol. The third-order valence-electron chi connectivity index (χ3n) is 11.3. The van der Waals surface area contributed by atoms with Crippen molar-refractivity contribution in [2.24, 2.45) is 17.8 Å². The SMILES string of the molecule is CC[C@H](C)[C@@H]([C@@H](CC(=O)N1CCC[C@H]1[C@H](OC)[C@@H](C)C(=O)N[C@@H](Cc1ccccc1)P(=O)(O)CC(=O)OC)OC)N(C)C(=O)[C@@H](NC(=O)OCc1ccccc1)C(C)C. The van der Waals surface area contributed by atoms with Crippen LogP contribution in [0.5, 0.6) is 0 Å². The number of esters is 1. The van der Waals surface area contributed by atoms with Crippen molar-refractivity contribution in [1.29, 1.82) is 0 Å². The fourth-order valence-corrected chi connectivity index (χ4v) is 9.26. The van der Waals surface area contributed by atoms with Gasteiger partial charge in [0.1, 0.15) is 24.6 Å². The van der Waals surface area contributed by atoms with Crippen molar-refractivity contribution in [3.63, 3.8) is 0 Å². The van der Waals surface area contributed by atoms with E-state index in [1.807, 2.05) is 58.0 Å². The number of nitrogens with zero attached hydrogens (tertiary/aromatic N) is 2. The summed E-state index contributed by atoms with van der Waals surface area (Å²) < 4.78 is 35.5. The molecule has 0 saturated carbocycles. The number of likely N-dealkylation sites (tertiary alicyclic amines) is 1. The second kappa shape index (κ2) is 23.5. The molecule has 1 saturated heterocycles. The molecule has 0 aliphatic carbocycles. The first-order valence-corrected chi connectivity index (χ1v) is 22.2. The second-order valence-electron chi connectivity index (χ2n) is 15.7. The number of alkyl carbamates (subject to hydrolysis) is 1. The van der Waals surface area contributed by atoms with Crippen LogP contribution in [0, 0.1) is 17.8 Å². The van der Waals surface area contributed by atoms with Crippen molar-refractivity contribution >= 4 is 37.2 Å². The molecular formula is C43H65N4O11P. The fraction of sp³-hybridized carbons (Fsp3) is 0.605. The third-order valence-corrected chi connectivity index (χ3v) is 13.3. The first-order valence-electron chi connectivity index (χ1n) is 20.3. The van der Waals surface area contributed by atoms with Crippen LogP contribution in [0.1, 0.15) is 71.4 Å². The molecule has 3 N–H and O–H groups in total. The number of methoxy groups -OCH3 is 3. The Morgan fingerprint density at radius 2 is 1.53 bits per heavy atom. The van der Waals surface area contributed by atoms with Gasteiger partial charge in [0, 0.05) is 34.2 Å². The molecule has 0 radical (unpaired) electrons. The van der Waals surface area contributed by atoms with Gasteiger partial charge in [-0.1, -0.05) is 102 Å². The van der Waals surface area contributed by atoms with E-state index in [2.05, 4.69) is 15.4 Å². The lowest BCUT2D eigenvalue weighted by molar-refractivity contribution is -0.147. The topological polar surface area (TPSA) is 190 Å². The lowest BCUT2D eigenvalue weighted by atomic mass is 9.89. The van der Waals surface area contributed by atoms with Crippen LogP contribution in [0.15, 0.2) is 60.7 Å². The van der Waals surface area contributed by atoms with Crippen molar-refractivity contribution in [2.45, 2.75) is 109 Å². The van der Waals surface area contributed by atoms with Gasteiger partial charge in [-0.15, -0.1) is 0 Å². The highest BCUT2D eigenvalue weighted by molar-refractivity contribution is 7.59. The van der Waals surface area contributed by atoms with E-state index in [9.17, 15) is 33.4 Å². The number of likely N-dealkylation sites (N-methyl/N-ethyl adjacent to an activating group) is 1. The summed E-state index contributed by atoms with van der Waals surface area (Å²) >= 11 is 0. The Balaban J connectivity index is 1.78. The minimum absolute atomic E-state index is 0.00517. The van der Waals surface area contributed by atoms with Gasteiger partial charge < -0.3 is 44.3 Å². The summed E-state index contributed by atoms with van der Waals surface area (Å²) in [5.41, 5.74) is 1.50. The summed E-state index contributed by atoms with van der Waals surface area (Å²) in [6.45, 7) is 9.73. The van der Waals surface area contributed by atoms with Crippen LogP contribution < -0.4 is 10.6 Å². The van der Waals surface area contributed by atoms with Crippen LogP contribution in [0.4, 0.5) is 4.79 Å². The first kappa shape index (κ1) is 49.1. The molecule has 59 heavy (non-hydrogen) atoms. The molecule has 1 aliphatic heterocycles. The molecule has 2 aromatic rings. The quantitative estimate of drug-likeness (QED) is 0.107. The van der Waals surface area contributed by atoms with Gasteiger partial charge in [-0.25, -0.2) is 4.79 Å². The number of rotatable bonds is 22. The van der Waals surface area contributed by atoms with E-state index in [0.29, 0.717) is 31.4 Å². The smallest absolute Gasteiger partial charge is 0.408 e. The Hall–Kier alpha value is -4.30. The number of amides is 4. The predicted octanol–water partition coefficient (Wildman–Crippen LogP) is 4.99. The summed E-state index contributed by atoms with van der Waals surface area (Å²) in [5, 5.41) is 5.47. The normalized spacial score (nSPS) is 18.6. The minimum Gasteiger partial charge on any atom is -0.469 e. The highest BCUT2D eigenvalue weighted by Crippen LogP contribution is 2.46. The fourth-order valence-electron chi connectivity index (χ4n) is 7.72. The van der Waals surface area contributed by atoms with Crippen molar-refractivity contribution in [1.82, 2.24) is 20.4 Å². The Morgan fingerprint density at radius 1 is 0.915 bits per heavy atom. The van der Waals surface area contributed by atoms with Gasteiger partial charge in [0.2, 0.25) is 25.1 Å². The Labute approximate surface area is 349 Å². The molecule has 16 heteroatoms. The predicted molar refractivity (Wildman–Crippen MR) is 223 cm³/mol. The van der Waals surface area contributed by atoms with E-state index in [-0.39, 0.29) is 43.1 Å². The maximum absolute atomic E-state index is 14.3. The average Bonchev–Trinajstić information content (AvgIpc) is 3.71. The number of hydrogen-bond donors (Lipinski definition) is 3. The molecule has 3 rings (SSSR count). The minimum atomic E-state index is -4.30. The van der Waals surface area contributed by atoms with E-state index in [4.69, 9.17) is 14.2 Å².